The van der Waals surface area contributed by atoms with E-state index in [0.717, 1.165) is 18.8 Å². The van der Waals surface area contributed by atoms with Gasteiger partial charge in [-0.1, -0.05) is 40.0 Å². The molecule has 0 aliphatic heterocycles. The van der Waals surface area contributed by atoms with Crippen LogP contribution in [0.2, 0.25) is 0 Å². The third-order valence-electron chi connectivity index (χ3n) is 5.47. The average Bonchev–Trinajstić information content (AvgIpc) is 2.40. The molecule has 0 bridgehead atoms. The summed E-state index contributed by atoms with van der Waals surface area (Å²) in [5, 5.41) is 0. The van der Waals surface area contributed by atoms with Gasteiger partial charge in [0, 0.05) is 6.42 Å². The van der Waals surface area contributed by atoms with Crippen molar-refractivity contribution in [1.29, 1.82) is 0 Å². The molecule has 2 heteroatoms. The van der Waals surface area contributed by atoms with E-state index in [1.54, 1.807) is 0 Å². The van der Waals surface area contributed by atoms with Crippen molar-refractivity contribution in [2.75, 3.05) is 0 Å². The van der Waals surface area contributed by atoms with Crippen LogP contribution >= 0.6 is 0 Å². The minimum absolute atomic E-state index is 0.140. The number of hydrogen-bond acceptors (Lipinski definition) is 2. The van der Waals surface area contributed by atoms with Crippen LogP contribution < -0.4 is 0 Å². The highest BCUT2D eigenvalue weighted by molar-refractivity contribution is 5.92. The summed E-state index contributed by atoms with van der Waals surface area (Å²) >= 11 is 0. The van der Waals surface area contributed by atoms with Crippen LogP contribution in [0.1, 0.15) is 72.1 Å². The molecule has 3 unspecified atom stereocenters. The van der Waals surface area contributed by atoms with E-state index in [-0.39, 0.29) is 11.5 Å². The first-order chi connectivity index (χ1) is 8.66. The van der Waals surface area contributed by atoms with Crippen LogP contribution in [0.15, 0.2) is 0 Å². The highest BCUT2D eigenvalue weighted by Gasteiger charge is 2.53. The molecule has 0 aromatic heterocycles. The summed E-state index contributed by atoms with van der Waals surface area (Å²) in [6, 6.07) is 0. The number of hydrogen-bond donors (Lipinski definition) is 0. The zero-order valence-corrected chi connectivity index (χ0v) is 12.2. The van der Waals surface area contributed by atoms with Crippen molar-refractivity contribution in [1.82, 2.24) is 0 Å². The van der Waals surface area contributed by atoms with Crippen LogP contribution in [0.3, 0.4) is 0 Å². The lowest BCUT2D eigenvalue weighted by Crippen LogP contribution is -2.56. The fraction of sp³-hybridized carbons (Fsp3) is 0.938. The second-order valence-corrected chi connectivity index (χ2v) is 6.18. The zero-order valence-electron chi connectivity index (χ0n) is 12.2. The van der Waals surface area contributed by atoms with Crippen molar-refractivity contribution in [2.45, 2.75) is 84.3 Å². The zero-order chi connectivity index (χ0) is 13.2. The molecule has 2 rings (SSSR count). The van der Waals surface area contributed by atoms with Crippen LogP contribution in [0.5, 0.6) is 0 Å². The minimum atomic E-state index is -0.140. The van der Waals surface area contributed by atoms with E-state index in [2.05, 4.69) is 20.8 Å². The Morgan fingerprint density at radius 2 is 1.94 bits per heavy atom. The maximum atomic E-state index is 11.9. The van der Waals surface area contributed by atoms with Crippen molar-refractivity contribution in [2.24, 2.45) is 11.3 Å². The molecule has 3 atom stereocenters. The molecule has 2 aliphatic rings. The van der Waals surface area contributed by atoms with Gasteiger partial charge >= 0.3 is 0 Å². The molecule has 0 amide bonds. The van der Waals surface area contributed by atoms with Gasteiger partial charge in [-0.05, 0) is 31.6 Å². The molecule has 2 saturated carbocycles. The summed E-state index contributed by atoms with van der Waals surface area (Å²) in [4.78, 5) is 11.9. The standard InChI is InChI=1S/C16H28O2/c1-4-12-8-7-9-13(10-12)18-15-11-14(17)16(15,5-2)6-3/h12-13,15H,4-11H2,1-3H3. The van der Waals surface area contributed by atoms with Crippen LogP contribution in [0, 0.1) is 11.3 Å². The van der Waals surface area contributed by atoms with Crippen LogP contribution in [0.25, 0.3) is 0 Å². The van der Waals surface area contributed by atoms with Gasteiger partial charge in [0.05, 0.1) is 17.6 Å². The summed E-state index contributed by atoms with van der Waals surface area (Å²) in [6.45, 7) is 6.54. The molecule has 2 nitrogen and oxygen atoms in total. The summed E-state index contributed by atoms with van der Waals surface area (Å²) in [7, 11) is 0. The van der Waals surface area contributed by atoms with E-state index in [0.29, 0.717) is 18.3 Å². The van der Waals surface area contributed by atoms with E-state index in [9.17, 15) is 4.79 Å². The van der Waals surface area contributed by atoms with Gasteiger partial charge in [0.25, 0.3) is 0 Å². The molecule has 0 heterocycles. The molecule has 0 N–H and O–H groups in total. The number of carbonyl (C=O) groups is 1. The molecule has 0 radical (unpaired) electrons. The maximum Gasteiger partial charge on any atom is 0.144 e. The average molecular weight is 252 g/mol. The van der Waals surface area contributed by atoms with Gasteiger partial charge in [-0.3, -0.25) is 4.79 Å². The Balaban J connectivity index is 1.91. The molecular formula is C16H28O2. The number of carbonyl (C=O) groups excluding carboxylic acids is 1. The Morgan fingerprint density at radius 3 is 2.50 bits per heavy atom. The smallest absolute Gasteiger partial charge is 0.144 e. The van der Waals surface area contributed by atoms with Gasteiger partial charge < -0.3 is 4.74 Å². The summed E-state index contributed by atoms with van der Waals surface area (Å²) in [5.41, 5.74) is -0.140. The first kappa shape index (κ1) is 14.0. The van der Waals surface area contributed by atoms with Crippen molar-refractivity contribution >= 4 is 5.78 Å². The lowest BCUT2D eigenvalue weighted by Gasteiger charge is -2.48. The van der Waals surface area contributed by atoms with Gasteiger partial charge in [-0.2, -0.15) is 0 Å². The number of ketones is 1. The summed E-state index contributed by atoms with van der Waals surface area (Å²) in [5.74, 6) is 1.28. The second-order valence-electron chi connectivity index (χ2n) is 6.18. The third-order valence-corrected chi connectivity index (χ3v) is 5.47. The predicted molar refractivity (Wildman–Crippen MR) is 73.5 cm³/mol. The lowest BCUT2D eigenvalue weighted by molar-refractivity contribution is -0.177. The van der Waals surface area contributed by atoms with Crippen molar-refractivity contribution < 1.29 is 9.53 Å². The fourth-order valence-electron chi connectivity index (χ4n) is 3.86. The minimum Gasteiger partial charge on any atom is -0.373 e. The van der Waals surface area contributed by atoms with Crippen LogP contribution in [0.4, 0.5) is 0 Å². The Morgan fingerprint density at radius 1 is 1.22 bits per heavy atom. The molecule has 0 spiro atoms. The normalized spacial score (nSPS) is 35.3. The number of rotatable bonds is 5. The summed E-state index contributed by atoms with van der Waals surface area (Å²) < 4.78 is 6.31. The Kier molecular flexibility index (Phi) is 4.47. The molecule has 2 fully saturated rings. The van der Waals surface area contributed by atoms with Crippen molar-refractivity contribution in [3.05, 3.63) is 0 Å². The SMILES string of the molecule is CCC1CCCC(OC2CC(=O)C2(CC)CC)C1. The topological polar surface area (TPSA) is 26.3 Å². The van der Waals surface area contributed by atoms with E-state index in [1.807, 2.05) is 0 Å². The second kappa shape index (κ2) is 5.73. The molecule has 2 aliphatic carbocycles. The predicted octanol–water partition coefficient (Wildman–Crippen LogP) is 4.12. The molecule has 18 heavy (non-hydrogen) atoms. The molecule has 0 aromatic rings. The van der Waals surface area contributed by atoms with Gasteiger partial charge in [-0.25, -0.2) is 0 Å². The third kappa shape index (κ3) is 2.36. The number of Topliss-reactive ketones (excluding diaryl/α,β-unsaturated/α-hetero) is 1. The molecule has 0 saturated heterocycles. The van der Waals surface area contributed by atoms with Gasteiger partial charge in [0.2, 0.25) is 0 Å². The quantitative estimate of drug-likeness (QED) is 0.735. The highest BCUT2D eigenvalue weighted by Crippen LogP contribution is 2.47. The number of ether oxygens (including phenoxy) is 1. The first-order valence-electron chi connectivity index (χ1n) is 7.85. The van der Waals surface area contributed by atoms with Gasteiger partial charge in [0.15, 0.2) is 0 Å². The maximum absolute atomic E-state index is 11.9. The van der Waals surface area contributed by atoms with E-state index < -0.39 is 0 Å². The monoisotopic (exact) mass is 252 g/mol. The highest BCUT2D eigenvalue weighted by atomic mass is 16.5. The van der Waals surface area contributed by atoms with E-state index >= 15 is 0 Å². The van der Waals surface area contributed by atoms with E-state index in [4.69, 9.17) is 4.74 Å². The largest absolute Gasteiger partial charge is 0.373 e. The Labute approximate surface area is 111 Å². The molecule has 0 aromatic carbocycles. The molecule has 104 valence electrons. The Bertz CT molecular complexity index is 293. The van der Waals surface area contributed by atoms with Gasteiger partial charge in [-0.15, -0.1) is 0 Å². The molecular weight excluding hydrogens is 224 g/mol. The summed E-state index contributed by atoms with van der Waals surface area (Å²) in [6.07, 6.45) is 9.52. The lowest BCUT2D eigenvalue weighted by atomic mass is 9.61. The van der Waals surface area contributed by atoms with Crippen molar-refractivity contribution in [3.8, 4) is 0 Å². The Hall–Kier alpha value is -0.370. The van der Waals surface area contributed by atoms with Crippen molar-refractivity contribution in [3.63, 3.8) is 0 Å². The first-order valence-corrected chi connectivity index (χ1v) is 7.85. The van der Waals surface area contributed by atoms with Crippen LogP contribution in [-0.4, -0.2) is 18.0 Å². The van der Waals surface area contributed by atoms with Gasteiger partial charge in [0.1, 0.15) is 5.78 Å². The van der Waals surface area contributed by atoms with E-state index in [1.165, 1.54) is 32.1 Å². The fourth-order valence-corrected chi connectivity index (χ4v) is 3.86. The van der Waals surface area contributed by atoms with Crippen LogP contribution in [-0.2, 0) is 9.53 Å².